The van der Waals surface area contributed by atoms with Crippen molar-refractivity contribution in [2.45, 2.75) is 13.3 Å². The number of pyridine rings is 1. The Morgan fingerprint density at radius 1 is 1.18 bits per heavy atom. The van der Waals surface area contributed by atoms with Crippen molar-refractivity contribution in [3.05, 3.63) is 61.8 Å². The van der Waals surface area contributed by atoms with Crippen molar-refractivity contribution >= 4 is 39.1 Å². The van der Waals surface area contributed by atoms with E-state index in [0.717, 1.165) is 27.7 Å². The number of halogens is 3. The Kier molecular flexibility index (Phi) is 4.08. The number of nitrogens with zero attached hydrogens (tertiary/aromatic N) is 1. The molecule has 0 aliphatic rings. The maximum Gasteiger partial charge on any atom is 0.0595 e. The highest BCUT2D eigenvalue weighted by atomic mass is 79.9. The van der Waals surface area contributed by atoms with E-state index in [9.17, 15) is 0 Å². The van der Waals surface area contributed by atoms with Gasteiger partial charge in [-0.05, 0) is 52.2 Å². The minimum absolute atomic E-state index is 0.580. The molecule has 0 amide bonds. The molecule has 88 valence electrons. The predicted molar refractivity (Wildman–Crippen MR) is 75.9 cm³/mol. The van der Waals surface area contributed by atoms with Gasteiger partial charge in [0, 0.05) is 22.8 Å². The van der Waals surface area contributed by atoms with E-state index < -0.39 is 0 Å². The van der Waals surface area contributed by atoms with Crippen molar-refractivity contribution in [2.75, 3.05) is 0 Å². The van der Waals surface area contributed by atoms with Gasteiger partial charge in [0.25, 0.3) is 0 Å². The second-order valence-electron chi connectivity index (χ2n) is 3.84. The third kappa shape index (κ3) is 3.21. The second-order valence-corrected chi connectivity index (χ2v) is 5.57. The lowest BCUT2D eigenvalue weighted by Crippen LogP contribution is -1.95. The number of rotatable bonds is 2. The molecule has 1 heterocycles. The average molecular weight is 331 g/mol. The average Bonchev–Trinajstić information content (AvgIpc) is 2.27. The van der Waals surface area contributed by atoms with Gasteiger partial charge < -0.3 is 0 Å². The summed E-state index contributed by atoms with van der Waals surface area (Å²) in [6.07, 6.45) is 2.57. The van der Waals surface area contributed by atoms with E-state index in [1.165, 1.54) is 0 Å². The summed E-state index contributed by atoms with van der Waals surface area (Å²) in [7, 11) is 0. The summed E-state index contributed by atoms with van der Waals surface area (Å²) in [4.78, 5) is 4.40. The quantitative estimate of drug-likeness (QED) is 0.750. The fourth-order valence-corrected chi connectivity index (χ4v) is 2.36. The van der Waals surface area contributed by atoms with Crippen molar-refractivity contribution in [2.24, 2.45) is 0 Å². The molecular formula is C13H10BrCl2N. The Morgan fingerprint density at radius 2 is 1.94 bits per heavy atom. The molecule has 0 atom stereocenters. The van der Waals surface area contributed by atoms with E-state index in [2.05, 4.69) is 27.0 Å². The van der Waals surface area contributed by atoms with Crippen LogP contribution in [0.25, 0.3) is 0 Å². The molecule has 1 nitrogen and oxygen atoms in total. The summed E-state index contributed by atoms with van der Waals surface area (Å²) in [5.41, 5.74) is 3.31. The topological polar surface area (TPSA) is 12.9 Å². The Balaban J connectivity index is 2.28. The molecule has 0 fully saturated rings. The van der Waals surface area contributed by atoms with E-state index in [1.807, 2.05) is 25.1 Å². The minimum Gasteiger partial charge on any atom is -0.260 e. The molecular weight excluding hydrogens is 321 g/mol. The molecule has 1 aromatic heterocycles. The Morgan fingerprint density at radius 3 is 2.59 bits per heavy atom. The van der Waals surface area contributed by atoms with Gasteiger partial charge in [0.05, 0.1) is 10.0 Å². The summed E-state index contributed by atoms with van der Waals surface area (Å²) in [6, 6.07) is 7.72. The van der Waals surface area contributed by atoms with Crippen LogP contribution in [0.15, 0.2) is 34.9 Å². The number of aromatic nitrogens is 1. The monoisotopic (exact) mass is 329 g/mol. The lowest BCUT2D eigenvalue weighted by molar-refractivity contribution is 1.04. The van der Waals surface area contributed by atoms with E-state index in [1.54, 1.807) is 6.20 Å². The SMILES string of the molecule is Cc1cc(Br)cnc1Cc1ccc(Cl)c(Cl)c1. The molecule has 2 aromatic rings. The van der Waals surface area contributed by atoms with Crippen LogP contribution in [-0.4, -0.2) is 4.98 Å². The van der Waals surface area contributed by atoms with Gasteiger partial charge in [-0.2, -0.15) is 0 Å². The summed E-state index contributed by atoms with van der Waals surface area (Å²) in [5, 5.41) is 1.16. The molecule has 0 spiro atoms. The maximum absolute atomic E-state index is 5.99. The van der Waals surface area contributed by atoms with Crippen molar-refractivity contribution in [3.63, 3.8) is 0 Å². The largest absolute Gasteiger partial charge is 0.260 e. The number of aryl methyl sites for hydroxylation is 1. The van der Waals surface area contributed by atoms with Crippen molar-refractivity contribution in [1.82, 2.24) is 4.98 Å². The van der Waals surface area contributed by atoms with Gasteiger partial charge in [0.1, 0.15) is 0 Å². The Bertz CT molecular complexity index is 555. The van der Waals surface area contributed by atoms with Gasteiger partial charge in [-0.25, -0.2) is 0 Å². The van der Waals surface area contributed by atoms with Crippen LogP contribution in [0.2, 0.25) is 10.0 Å². The zero-order valence-electron chi connectivity index (χ0n) is 9.17. The lowest BCUT2D eigenvalue weighted by Gasteiger charge is -2.06. The zero-order chi connectivity index (χ0) is 12.4. The standard InChI is InChI=1S/C13H10BrCl2N/c1-8-4-10(14)7-17-13(8)6-9-2-3-11(15)12(16)5-9/h2-5,7H,6H2,1H3. The van der Waals surface area contributed by atoms with Crippen LogP contribution in [0.3, 0.4) is 0 Å². The Labute approximate surface area is 119 Å². The van der Waals surface area contributed by atoms with E-state index in [-0.39, 0.29) is 0 Å². The highest BCUT2D eigenvalue weighted by molar-refractivity contribution is 9.10. The highest BCUT2D eigenvalue weighted by Crippen LogP contribution is 2.24. The van der Waals surface area contributed by atoms with Gasteiger partial charge >= 0.3 is 0 Å². The summed E-state index contributed by atoms with van der Waals surface area (Å²) >= 11 is 15.3. The van der Waals surface area contributed by atoms with E-state index in [4.69, 9.17) is 23.2 Å². The highest BCUT2D eigenvalue weighted by Gasteiger charge is 2.04. The molecule has 17 heavy (non-hydrogen) atoms. The first kappa shape index (κ1) is 12.9. The molecule has 0 unspecified atom stereocenters. The van der Waals surface area contributed by atoms with Gasteiger partial charge in [-0.1, -0.05) is 29.3 Å². The zero-order valence-corrected chi connectivity index (χ0v) is 12.3. The molecule has 0 saturated carbocycles. The van der Waals surface area contributed by atoms with E-state index in [0.29, 0.717) is 10.0 Å². The van der Waals surface area contributed by atoms with Gasteiger partial charge in [-0.3, -0.25) is 4.98 Å². The van der Waals surface area contributed by atoms with Crippen LogP contribution in [0.5, 0.6) is 0 Å². The molecule has 0 aliphatic heterocycles. The molecule has 0 radical (unpaired) electrons. The first-order chi connectivity index (χ1) is 8.06. The van der Waals surface area contributed by atoms with Crippen LogP contribution >= 0.6 is 39.1 Å². The third-order valence-corrected chi connectivity index (χ3v) is 3.68. The summed E-state index contributed by atoms with van der Waals surface area (Å²) in [5.74, 6) is 0. The second kappa shape index (κ2) is 5.38. The number of hydrogen-bond acceptors (Lipinski definition) is 1. The normalized spacial score (nSPS) is 10.6. The van der Waals surface area contributed by atoms with Crippen LogP contribution in [0.4, 0.5) is 0 Å². The lowest BCUT2D eigenvalue weighted by atomic mass is 10.1. The van der Waals surface area contributed by atoms with Crippen LogP contribution < -0.4 is 0 Å². The van der Waals surface area contributed by atoms with E-state index >= 15 is 0 Å². The summed E-state index contributed by atoms with van der Waals surface area (Å²) in [6.45, 7) is 2.05. The fraction of sp³-hybridized carbons (Fsp3) is 0.154. The molecule has 0 bridgehead atoms. The van der Waals surface area contributed by atoms with Crippen molar-refractivity contribution in [3.8, 4) is 0 Å². The van der Waals surface area contributed by atoms with Gasteiger partial charge in [0.15, 0.2) is 0 Å². The maximum atomic E-state index is 5.99. The number of hydrogen-bond donors (Lipinski definition) is 0. The molecule has 4 heteroatoms. The van der Waals surface area contributed by atoms with Gasteiger partial charge in [0.2, 0.25) is 0 Å². The first-order valence-corrected chi connectivity index (χ1v) is 6.66. The molecule has 0 aliphatic carbocycles. The fourth-order valence-electron chi connectivity index (χ4n) is 1.60. The smallest absolute Gasteiger partial charge is 0.0595 e. The van der Waals surface area contributed by atoms with Gasteiger partial charge in [-0.15, -0.1) is 0 Å². The molecule has 2 rings (SSSR count). The number of benzene rings is 1. The van der Waals surface area contributed by atoms with Crippen LogP contribution in [0.1, 0.15) is 16.8 Å². The molecule has 0 saturated heterocycles. The Hall–Kier alpha value is -0.570. The molecule has 0 N–H and O–H groups in total. The van der Waals surface area contributed by atoms with Crippen LogP contribution in [-0.2, 0) is 6.42 Å². The predicted octanol–water partition coefficient (Wildman–Crippen LogP) is 5.05. The minimum atomic E-state index is 0.580. The van der Waals surface area contributed by atoms with Crippen molar-refractivity contribution in [1.29, 1.82) is 0 Å². The summed E-state index contributed by atoms with van der Waals surface area (Å²) < 4.78 is 0.993. The molecule has 1 aromatic carbocycles. The third-order valence-electron chi connectivity index (χ3n) is 2.51. The van der Waals surface area contributed by atoms with Crippen LogP contribution in [0, 0.1) is 6.92 Å². The van der Waals surface area contributed by atoms with Crippen molar-refractivity contribution < 1.29 is 0 Å². The first-order valence-electron chi connectivity index (χ1n) is 5.11.